The van der Waals surface area contributed by atoms with Gasteiger partial charge in [0.05, 0.1) is 17.6 Å². The first-order valence-corrected chi connectivity index (χ1v) is 8.25. The van der Waals surface area contributed by atoms with Crippen LogP contribution in [0.1, 0.15) is 18.6 Å². The SMILES string of the molecule is CCc1nc2ccccc2n1CC(=O)NCc1nnc2ccccn12. The van der Waals surface area contributed by atoms with Gasteiger partial charge < -0.3 is 9.88 Å². The Hall–Kier alpha value is -3.22. The largest absolute Gasteiger partial charge is 0.347 e. The van der Waals surface area contributed by atoms with Gasteiger partial charge in [0.15, 0.2) is 11.5 Å². The highest BCUT2D eigenvalue weighted by Crippen LogP contribution is 2.16. The standard InChI is InChI=1S/C18H18N6O/c1-2-15-20-13-7-3-4-8-14(13)24(15)12-18(25)19-11-17-22-21-16-9-5-6-10-23(16)17/h3-10H,2,11-12H2,1H3,(H,19,25). The molecule has 0 atom stereocenters. The minimum atomic E-state index is -0.0782. The number of aryl methyl sites for hydroxylation is 1. The van der Waals surface area contributed by atoms with E-state index in [1.54, 1.807) is 0 Å². The molecule has 4 aromatic rings. The molecule has 7 nitrogen and oxygen atoms in total. The maximum absolute atomic E-state index is 12.4. The van der Waals surface area contributed by atoms with Crippen LogP contribution in [0.4, 0.5) is 0 Å². The summed E-state index contributed by atoms with van der Waals surface area (Å²) in [5.41, 5.74) is 2.65. The van der Waals surface area contributed by atoms with E-state index < -0.39 is 0 Å². The molecule has 25 heavy (non-hydrogen) atoms. The summed E-state index contributed by atoms with van der Waals surface area (Å²) in [7, 11) is 0. The van der Waals surface area contributed by atoms with Gasteiger partial charge in [-0.15, -0.1) is 10.2 Å². The lowest BCUT2D eigenvalue weighted by Crippen LogP contribution is -2.28. The van der Waals surface area contributed by atoms with E-state index >= 15 is 0 Å². The number of rotatable bonds is 5. The number of nitrogens with zero attached hydrogens (tertiary/aromatic N) is 5. The number of aromatic nitrogens is 5. The highest BCUT2D eigenvalue weighted by Gasteiger charge is 2.13. The molecule has 0 unspecified atom stereocenters. The Morgan fingerprint density at radius 1 is 1.08 bits per heavy atom. The summed E-state index contributed by atoms with van der Waals surface area (Å²) in [6.07, 6.45) is 2.66. The van der Waals surface area contributed by atoms with Gasteiger partial charge in [0.25, 0.3) is 0 Å². The molecular weight excluding hydrogens is 316 g/mol. The Bertz CT molecular complexity index is 1050. The van der Waals surface area contributed by atoms with Crippen LogP contribution in [-0.4, -0.2) is 30.1 Å². The summed E-state index contributed by atoms with van der Waals surface area (Å²) >= 11 is 0. The summed E-state index contributed by atoms with van der Waals surface area (Å²) in [6.45, 7) is 2.61. The molecule has 1 N–H and O–H groups in total. The molecule has 4 rings (SSSR count). The third-order valence-corrected chi connectivity index (χ3v) is 4.18. The molecule has 3 heterocycles. The Morgan fingerprint density at radius 3 is 2.80 bits per heavy atom. The lowest BCUT2D eigenvalue weighted by molar-refractivity contribution is -0.121. The molecule has 0 saturated carbocycles. The molecule has 0 saturated heterocycles. The summed E-state index contributed by atoms with van der Waals surface area (Å²) in [6, 6.07) is 13.6. The van der Waals surface area contributed by atoms with Gasteiger partial charge in [-0.1, -0.05) is 25.1 Å². The second kappa shape index (κ2) is 6.35. The van der Waals surface area contributed by atoms with Crippen molar-refractivity contribution in [1.82, 2.24) is 29.5 Å². The van der Waals surface area contributed by atoms with Crippen LogP contribution < -0.4 is 5.32 Å². The molecule has 0 bridgehead atoms. The number of imidazole rings is 1. The zero-order valence-electron chi connectivity index (χ0n) is 13.9. The van der Waals surface area contributed by atoms with Gasteiger partial charge >= 0.3 is 0 Å². The van der Waals surface area contributed by atoms with Gasteiger partial charge in [-0.05, 0) is 24.3 Å². The topological polar surface area (TPSA) is 77.1 Å². The molecule has 126 valence electrons. The number of benzene rings is 1. The number of pyridine rings is 1. The summed E-state index contributed by atoms with van der Waals surface area (Å²) in [4.78, 5) is 17.0. The predicted molar refractivity (Wildman–Crippen MR) is 93.9 cm³/mol. The number of hydrogen-bond donors (Lipinski definition) is 1. The van der Waals surface area contributed by atoms with Crippen molar-refractivity contribution in [2.75, 3.05) is 0 Å². The fourth-order valence-corrected chi connectivity index (χ4v) is 2.96. The van der Waals surface area contributed by atoms with Crippen molar-refractivity contribution in [1.29, 1.82) is 0 Å². The Morgan fingerprint density at radius 2 is 1.92 bits per heavy atom. The van der Waals surface area contributed by atoms with Crippen LogP contribution in [0.2, 0.25) is 0 Å². The average molecular weight is 334 g/mol. The van der Waals surface area contributed by atoms with E-state index in [4.69, 9.17) is 0 Å². The molecule has 0 radical (unpaired) electrons. The van der Waals surface area contributed by atoms with Crippen molar-refractivity contribution < 1.29 is 4.79 Å². The highest BCUT2D eigenvalue weighted by atomic mass is 16.1. The molecular formula is C18H18N6O. The molecule has 1 aromatic carbocycles. The molecule has 0 aliphatic heterocycles. The van der Waals surface area contributed by atoms with Crippen LogP contribution >= 0.6 is 0 Å². The van der Waals surface area contributed by atoms with Crippen LogP contribution in [0, 0.1) is 0 Å². The second-order valence-corrected chi connectivity index (χ2v) is 5.78. The minimum absolute atomic E-state index is 0.0782. The van der Waals surface area contributed by atoms with Crippen molar-refractivity contribution in [2.45, 2.75) is 26.4 Å². The van der Waals surface area contributed by atoms with Gasteiger partial charge in [0.1, 0.15) is 12.4 Å². The van der Waals surface area contributed by atoms with Gasteiger partial charge in [0.2, 0.25) is 5.91 Å². The fraction of sp³-hybridized carbons (Fsp3) is 0.222. The number of hydrogen-bond acceptors (Lipinski definition) is 4. The fourth-order valence-electron chi connectivity index (χ4n) is 2.96. The monoisotopic (exact) mass is 334 g/mol. The highest BCUT2D eigenvalue weighted by molar-refractivity contribution is 5.81. The summed E-state index contributed by atoms with van der Waals surface area (Å²) < 4.78 is 3.83. The number of amides is 1. The predicted octanol–water partition coefficient (Wildman–Crippen LogP) is 1.96. The van der Waals surface area contributed by atoms with Crippen LogP contribution in [-0.2, 0) is 24.3 Å². The Balaban J connectivity index is 1.51. The summed E-state index contributed by atoms with van der Waals surface area (Å²) in [5.74, 6) is 1.53. The van der Waals surface area contributed by atoms with E-state index in [0.717, 1.165) is 28.9 Å². The lowest BCUT2D eigenvalue weighted by Gasteiger charge is -2.08. The summed E-state index contributed by atoms with van der Waals surface area (Å²) in [5, 5.41) is 11.1. The van der Waals surface area contributed by atoms with E-state index in [-0.39, 0.29) is 12.5 Å². The maximum Gasteiger partial charge on any atom is 0.240 e. The zero-order valence-corrected chi connectivity index (χ0v) is 13.9. The van der Waals surface area contributed by atoms with E-state index in [9.17, 15) is 4.79 Å². The molecule has 1 amide bonds. The Kier molecular flexibility index (Phi) is 3.89. The van der Waals surface area contributed by atoms with Crippen molar-refractivity contribution in [3.05, 3.63) is 60.3 Å². The zero-order chi connectivity index (χ0) is 17.2. The normalized spacial score (nSPS) is 11.2. The molecule has 0 spiro atoms. The third kappa shape index (κ3) is 2.84. The quantitative estimate of drug-likeness (QED) is 0.605. The lowest BCUT2D eigenvalue weighted by atomic mass is 10.3. The minimum Gasteiger partial charge on any atom is -0.347 e. The molecule has 7 heteroatoms. The Labute approximate surface area is 144 Å². The first kappa shape index (κ1) is 15.3. The van der Waals surface area contributed by atoms with Crippen molar-refractivity contribution in [3.8, 4) is 0 Å². The van der Waals surface area contributed by atoms with Gasteiger partial charge in [-0.3, -0.25) is 9.20 Å². The van der Waals surface area contributed by atoms with Gasteiger partial charge in [-0.25, -0.2) is 4.98 Å². The first-order valence-electron chi connectivity index (χ1n) is 8.25. The first-order chi connectivity index (χ1) is 12.3. The van der Waals surface area contributed by atoms with E-state index in [1.807, 2.05) is 64.6 Å². The molecule has 0 aliphatic rings. The number of carbonyl (C=O) groups is 1. The van der Waals surface area contributed by atoms with E-state index in [1.165, 1.54) is 0 Å². The molecule has 0 fully saturated rings. The second-order valence-electron chi connectivity index (χ2n) is 5.78. The van der Waals surface area contributed by atoms with Crippen LogP contribution in [0.3, 0.4) is 0 Å². The smallest absolute Gasteiger partial charge is 0.240 e. The van der Waals surface area contributed by atoms with Crippen molar-refractivity contribution in [2.24, 2.45) is 0 Å². The number of fused-ring (bicyclic) bond motifs is 2. The molecule has 3 aromatic heterocycles. The van der Waals surface area contributed by atoms with Gasteiger partial charge in [0, 0.05) is 12.6 Å². The molecule has 0 aliphatic carbocycles. The van der Waals surface area contributed by atoms with E-state index in [0.29, 0.717) is 12.4 Å². The maximum atomic E-state index is 12.4. The van der Waals surface area contributed by atoms with Crippen molar-refractivity contribution in [3.63, 3.8) is 0 Å². The number of carbonyl (C=O) groups excluding carboxylic acids is 1. The van der Waals surface area contributed by atoms with Crippen LogP contribution in [0.25, 0.3) is 16.7 Å². The third-order valence-electron chi connectivity index (χ3n) is 4.18. The average Bonchev–Trinajstić information content (AvgIpc) is 3.21. The van der Waals surface area contributed by atoms with Crippen LogP contribution in [0.15, 0.2) is 48.7 Å². The van der Waals surface area contributed by atoms with E-state index in [2.05, 4.69) is 20.5 Å². The number of nitrogens with one attached hydrogen (secondary N) is 1. The van der Waals surface area contributed by atoms with Crippen molar-refractivity contribution >= 4 is 22.6 Å². The van der Waals surface area contributed by atoms with Gasteiger partial charge in [-0.2, -0.15) is 0 Å². The van der Waals surface area contributed by atoms with Crippen LogP contribution in [0.5, 0.6) is 0 Å². The number of para-hydroxylation sites is 2.